The van der Waals surface area contributed by atoms with Crippen molar-refractivity contribution in [2.45, 2.75) is 39.3 Å². The van der Waals surface area contributed by atoms with Gasteiger partial charge in [0.25, 0.3) is 5.91 Å². The van der Waals surface area contributed by atoms with Crippen molar-refractivity contribution in [1.29, 1.82) is 0 Å². The molecule has 0 saturated carbocycles. The van der Waals surface area contributed by atoms with Crippen LogP contribution in [0.15, 0.2) is 48.8 Å². The summed E-state index contributed by atoms with van der Waals surface area (Å²) in [6, 6.07) is 12.6. The van der Waals surface area contributed by atoms with Crippen molar-refractivity contribution in [3.05, 3.63) is 65.5 Å². The average Bonchev–Trinajstić information content (AvgIpc) is 2.65. The van der Waals surface area contributed by atoms with Crippen LogP contribution in [-0.4, -0.2) is 34.9 Å². The molecule has 1 atom stereocenters. The molecule has 0 spiro atoms. The van der Waals surface area contributed by atoms with E-state index in [0.717, 1.165) is 25.9 Å². The van der Waals surface area contributed by atoms with Gasteiger partial charge in [0.15, 0.2) is 0 Å². The first-order valence-electron chi connectivity index (χ1n) is 9.12. The van der Waals surface area contributed by atoms with E-state index in [1.807, 2.05) is 0 Å². The number of benzene rings is 1. The lowest BCUT2D eigenvalue weighted by Gasteiger charge is -2.36. The molecule has 4 heteroatoms. The molecule has 25 heavy (non-hydrogen) atoms. The molecule has 1 unspecified atom stereocenters. The fourth-order valence-corrected chi connectivity index (χ4v) is 3.55. The molecule has 0 bridgehead atoms. The van der Waals surface area contributed by atoms with Crippen LogP contribution in [0.5, 0.6) is 0 Å². The largest absolute Gasteiger partial charge is 0.350 e. The summed E-state index contributed by atoms with van der Waals surface area (Å²) in [7, 11) is 0. The van der Waals surface area contributed by atoms with Gasteiger partial charge in [-0.2, -0.15) is 0 Å². The number of hydrogen-bond acceptors (Lipinski definition) is 3. The summed E-state index contributed by atoms with van der Waals surface area (Å²) in [4.78, 5) is 18.9. The van der Waals surface area contributed by atoms with E-state index in [-0.39, 0.29) is 5.91 Å². The van der Waals surface area contributed by atoms with Crippen LogP contribution in [0.25, 0.3) is 0 Å². The molecule has 0 fully saturated rings. The van der Waals surface area contributed by atoms with Crippen LogP contribution in [-0.2, 0) is 13.0 Å². The average molecular weight is 337 g/mol. The first kappa shape index (κ1) is 17.6. The second-order valence-corrected chi connectivity index (χ2v) is 7.22. The highest BCUT2D eigenvalue weighted by Gasteiger charge is 2.24. The standard InChI is InChI=1S/C21H27N3O/c1-16(2)13-20(14-23-21(25)18-7-10-22-11-8-18)24-12-9-17-5-3-4-6-19(17)15-24/h3-8,10-11,16,20H,9,12-15H2,1-2H3,(H,23,25). The highest BCUT2D eigenvalue weighted by molar-refractivity contribution is 5.93. The molecule has 4 nitrogen and oxygen atoms in total. The first-order valence-corrected chi connectivity index (χ1v) is 9.12. The highest BCUT2D eigenvalue weighted by atomic mass is 16.1. The van der Waals surface area contributed by atoms with E-state index < -0.39 is 0 Å². The van der Waals surface area contributed by atoms with Crippen molar-refractivity contribution in [2.75, 3.05) is 13.1 Å². The van der Waals surface area contributed by atoms with Gasteiger partial charge in [-0.15, -0.1) is 0 Å². The second kappa shape index (κ2) is 8.26. The van der Waals surface area contributed by atoms with Gasteiger partial charge in [0, 0.05) is 43.6 Å². The molecule has 0 radical (unpaired) electrons. The molecule has 0 saturated heterocycles. The van der Waals surface area contributed by atoms with Gasteiger partial charge in [-0.1, -0.05) is 38.1 Å². The number of carbonyl (C=O) groups excluding carboxylic acids is 1. The summed E-state index contributed by atoms with van der Waals surface area (Å²) in [5.74, 6) is 0.577. The zero-order chi connectivity index (χ0) is 17.6. The summed E-state index contributed by atoms with van der Waals surface area (Å²) in [6.07, 6.45) is 5.48. The third-order valence-corrected chi connectivity index (χ3v) is 4.86. The summed E-state index contributed by atoms with van der Waals surface area (Å²) in [5.41, 5.74) is 3.55. The Bertz CT molecular complexity index is 699. The Labute approximate surface area is 150 Å². The molecule has 1 aromatic heterocycles. The molecule has 1 amide bonds. The van der Waals surface area contributed by atoms with E-state index >= 15 is 0 Å². The Morgan fingerprint density at radius 3 is 2.60 bits per heavy atom. The summed E-state index contributed by atoms with van der Waals surface area (Å²) >= 11 is 0. The smallest absolute Gasteiger partial charge is 0.251 e. The van der Waals surface area contributed by atoms with E-state index in [2.05, 4.69) is 53.3 Å². The Morgan fingerprint density at radius 2 is 1.88 bits per heavy atom. The van der Waals surface area contributed by atoms with Gasteiger partial charge in [-0.05, 0) is 42.0 Å². The number of rotatable bonds is 6. The molecular formula is C21H27N3O. The summed E-state index contributed by atoms with van der Waals surface area (Å²) in [5, 5.41) is 3.12. The maximum Gasteiger partial charge on any atom is 0.251 e. The van der Waals surface area contributed by atoms with Crippen molar-refractivity contribution >= 4 is 5.91 Å². The highest BCUT2D eigenvalue weighted by Crippen LogP contribution is 2.22. The van der Waals surface area contributed by atoms with Gasteiger partial charge in [-0.25, -0.2) is 0 Å². The number of pyridine rings is 1. The van der Waals surface area contributed by atoms with Crippen LogP contribution in [0.3, 0.4) is 0 Å². The van der Waals surface area contributed by atoms with Crippen LogP contribution in [0, 0.1) is 5.92 Å². The lowest BCUT2D eigenvalue weighted by Crippen LogP contribution is -2.46. The third kappa shape index (κ3) is 4.67. The summed E-state index contributed by atoms with van der Waals surface area (Å²) in [6.45, 7) is 7.20. The number of aromatic nitrogens is 1. The molecule has 2 aromatic rings. The number of hydrogen-bond donors (Lipinski definition) is 1. The zero-order valence-electron chi connectivity index (χ0n) is 15.1. The van der Waals surface area contributed by atoms with Crippen LogP contribution in [0.4, 0.5) is 0 Å². The minimum Gasteiger partial charge on any atom is -0.350 e. The van der Waals surface area contributed by atoms with Crippen LogP contribution < -0.4 is 5.32 Å². The lowest BCUT2D eigenvalue weighted by atomic mass is 9.95. The Balaban J connectivity index is 1.65. The maximum absolute atomic E-state index is 12.4. The van der Waals surface area contributed by atoms with Crippen LogP contribution in [0.2, 0.25) is 0 Å². The molecule has 1 N–H and O–H groups in total. The van der Waals surface area contributed by atoms with E-state index in [1.54, 1.807) is 24.5 Å². The van der Waals surface area contributed by atoms with Crippen molar-refractivity contribution in [3.63, 3.8) is 0 Å². The zero-order valence-corrected chi connectivity index (χ0v) is 15.1. The first-order chi connectivity index (χ1) is 12.1. The predicted octanol–water partition coefficient (Wildman–Crippen LogP) is 3.28. The summed E-state index contributed by atoms with van der Waals surface area (Å²) < 4.78 is 0. The van der Waals surface area contributed by atoms with E-state index in [1.165, 1.54) is 11.1 Å². The molecule has 132 valence electrons. The van der Waals surface area contributed by atoms with Gasteiger partial charge in [0.2, 0.25) is 0 Å². The van der Waals surface area contributed by atoms with Crippen molar-refractivity contribution in [2.24, 2.45) is 5.92 Å². The normalized spacial score (nSPS) is 15.6. The van der Waals surface area contributed by atoms with Crippen molar-refractivity contribution < 1.29 is 4.79 Å². The third-order valence-electron chi connectivity index (χ3n) is 4.86. The molecule has 1 aliphatic rings. The van der Waals surface area contributed by atoms with Gasteiger partial charge >= 0.3 is 0 Å². The Kier molecular flexibility index (Phi) is 5.82. The van der Waals surface area contributed by atoms with Gasteiger partial charge in [0.05, 0.1) is 0 Å². The molecule has 1 aromatic carbocycles. The number of nitrogens with one attached hydrogen (secondary N) is 1. The topological polar surface area (TPSA) is 45.2 Å². The molecule has 3 rings (SSSR count). The molecule has 2 heterocycles. The number of fused-ring (bicyclic) bond motifs is 1. The predicted molar refractivity (Wildman–Crippen MR) is 100 cm³/mol. The van der Waals surface area contributed by atoms with Crippen molar-refractivity contribution in [3.8, 4) is 0 Å². The van der Waals surface area contributed by atoms with Gasteiger partial charge in [0.1, 0.15) is 0 Å². The molecule has 0 aliphatic carbocycles. The monoisotopic (exact) mass is 337 g/mol. The molecule has 1 aliphatic heterocycles. The number of carbonyl (C=O) groups is 1. The number of nitrogens with zero attached hydrogens (tertiary/aromatic N) is 2. The van der Waals surface area contributed by atoms with Crippen molar-refractivity contribution in [1.82, 2.24) is 15.2 Å². The van der Waals surface area contributed by atoms with E-state index in [4.69, 9.17) is 0 Å². The quantitative estimate of drug-likeness (QED) is 0.880. The fraction of sp³-hybridized carbons (Fsp3) is 0.429. The fourth-order valence-electron chi connectivity index (χ4n) is 3.55. The minimum absolute atomic E-state index is 0.0198. The minimum atomic E-state index is -0.0198. The second-order valence-electron chi connectivity index (χ2n) is 7.22. The van der Waals surface area contributed by atoms with Gasteiger partial charge in [-0.3, -0.25) is 14.7 Å². The maximum atomic E-state index is 12.4. The van der Waals surface area contributed by atoms with E-state index in [9.17, 15) is 4.79 Å². The molecular weight excluding hydrogens is 310 g/mol. The SMILES string of the molecule is CC(C)CC(CNC(=O)c1ccncc1)N1CCc2ccccc2C1. The Morgan fingerprint density at radius 1 is 1.16 bits per heavy atom. The van der Waals surface area contributed by atoms with Crippen LogP contribution in [0.1, 0.15) is 41.8 Å². The van der Waals surface area contributed by atoms with Gasteiger partial charge < -0.3 is 5.32 Å². The van der Waals surface area contributed by atoms with E-state index in [0.29, 0.717) is 24.1 Å². The lowest BCUT2D eigenvalue weighted by molar-refractivity contribution is 0.0918. The number of amides is 1. The Hall–Kier alpha value is -2.20. The van der Waals surface area contributed by atoms with Crippen LogP contribution >= 0.6 is 0 Å².